The summed E-state index contributed by atoms with van der Waals surface area (Å²) in [6.07, 6.45) is 3.41. The SMILES string of the molecule is C=C(C)CC(CCc1cccc(C)c1)NCC. The molecule has 1 atom stereocenters. The molecule has 0 radical (unpaired) electrons. The third kappa shape index (κ3) is 5.69. The molecule has 0 aromatic heterocycles. The van der Waals surface area contributed by atoms with E-state index < -0.39 is 0 Å². The maximum absolute atomic E-state index is 4.01. The Morgan fingerprint density at radius 3 is 2.76 bits per heavy atom. The third-order valence-corrected chi connectivity index (χ3v) is 2.95. The van der Waals surface area contributed by atoms with E-state index in [0.29, 0.717) is 6.04 Å². The van der Waals surface area contributed by atoms with Crippen LogP contribution in [0.4, 0.5) is 0 Å². The van der Waals surface area contributed by atoms with Gasteiger partial charge in [0.05, 0.1) is 0 Å². The lowest BCUT2D eigenvalue weighted by molar-refractivity contribution is 0.490. The maximum atomic E-state index is 4.01. The highest BCUT2D eigenvalue weighted by Gasteiger charge is 2.07. The van der Waals surface area contributed by atoms with E-state index in [0.717, 1.165) is 19.4 Å². The summed E-state index contributed by atoms with van der Waals surface area (Å²) in [5.41, 5.74) is 4.05. The Labute approximate surface area is 106 Å². The molecular formula is C16H25N. The summed E-state index contributed by atoms with van der Waals surface area (Å²) in [5.74, 6) is 0. The van der Waals surface area contributed by atoms with Crippen molar-refractivity contribution in [3.63, 3.8) is 0 Å². The molecule has 1 aromatic carbocycles. The smallest absolute Gasteiger partial charge is 0.0107 e. The van der Waals surface area contributed by atoms with Crippen molar-refractivity contribution in [2.45, 2.75) is 46.1 Å². The van der Waals surface area contributed by atoms with Crippen molar-refractivity contribution in [3.05, 3.63) is 47.5 Å². The number of hydrogen-bond donors (Lipinski definition) is 1. The molecule has 0 heterocycles. The summed E-state index contributed by atoms with van der Waals surface area (Å²) in [6.45, 7) is 11.5. The van der Waals surface area contributed by atoms with E-state index in [1.807, 2.05) is 0 Å². The minimum Gasteiger partial charge on any atom is -0.314 e. The topological polar surface area (TPSA) is 12.0 Å². The van der Waals surface area contributed by atoms with E-state index in [-0.39, 0.29) is 0 Å². The first-order valence-corrected chi connectivity index (χ1v) is 6.55. The average Bonchev–Trinajstić information content (AvgIpc) is 2.26. The van der Waals surface area contributed by atoms with Gasteiger partial charge < -0.3 is 5.32 Å². The highest BCUT2D eigenvalue weighted by atomic mass is 14.9. The lowest BCUT2D eigenvalue weighted by Gasteiger charge is -2.18. The van der Waals surface area contributed by atoms with Gasteiger partial charge in [-0.1, -0.05) is 42.3 Å². The minimum absolute atomic E-state index is 0.568. The summed E-state index contributed by atoms with van der Waals surface area (Å²) >= 11 is 0. The Kier molecular flexibility index (Phi) is 5.99. The second-order valence-electron chi connectivity index (χ2n) is 4.94. The van der Waals surface area contributed by atoms with Gasteiger partial charge in [0.15, 0.2) is 0 Å². The van der Waals surface area contributed by atoms with Crippen molar-refractivity contribution in [1.82, 2.24) is 5.32 Å². The van der Waals surface area contributed by atoms with Gasteiger partial charge in [0.2, 0.25) is 0 Å². The summed E-state index contributed by atoms with van der Waals surface area (Å²) < 4.78 is 0. The van der Waals surface area contributed by atoms with Gasteiger partial charge in [-0.3, -0.25) is 0 Å². The second-order valence-corrected chi connectivity index (χ2v) is 4.94. The van der Waals surface area contributed by atoms with Gasteiger partial charge in [-0.2, -0.15) is 0 Å². The molecule has 0 bridgehead atoms. The van der Waals surface area contributed by atoms with Crippen molar-refractivity contribution in [2.24, 2.45) is 0 Å². The monoisotopic (exact) mass is 231 g/mol. The fraction of sp³-hybridized carbons (Fsp3) is 0.500. The molecule has 1 heteroatoms. The Hall–Kier alpha value is -1.08. The van der Waals surface area contributed by atoms with Crippen LogP contribution in [0.2, 0.25) is 0 Å². The number of rotatable bonds is 7. The zero-order chi connectivity index (χ0) is 12.7. The van der Waals surface area contributed by atoms with Gasteiger partial charge >= 0.3 is 0 Å². The third-order valence-electron chi connectivity index (χ3n) is 2.95. The van der Waals surface area contributed by atoms with Crippen molar-refractivity contribution in [2.75, 3.05) is 6.54 Å². The normalized spacial score (nSPS) is 12.4. The van der Waals surface area contributed by atoms with Crippen molar-refractivity contribution in [1.29, 1.82) is 0 Å². The first-order valence-electron chi connectivity index (χ1n) is 6.55. The first-order chi connectivity index (χ1) is 8.11. The standard InChI is InChI=1S/C16H25N/c1-5-17-16(11-13(2)3)10-9-15-8-6-7-14(4)12-15/h6-8,12,16-17H,2,5,9-11H2,1,3-4H3. The highest BCUT2D eigenvalue weighted by molar-refractivity contribution is 5.22. The van der Waals surface area contributed by atoms with Gasteiger partial charge in [-0.15, -0.1) is 6.58 Å². The van der Waals surface area contributed by atoms with Crippen LogP contribution in [0.1, 0.15) is 37.8 Å². The number of benzene rings is 1. The largest absolute Gasteiger partial charge is 0.314 e. The Morgan fingerprint density at radius 1 is 1.41 bits per heavy atom. The van der Waals surface area contributed by atoms with Gasteiger partial charge in [-0.05, 0) is 45.2 Å². The molecule has 1 rings (SSSR count). The molecule has 1 aromatic rings. The lowest BCUT2D eigenvalue weighted by Crippen LogP contribution is -2.29. The highest BCUT2D eigenvalue weighted by Crippen LogP contribution is 2.12. The zero-order valence-corrected chi connectivity index (χ0v) is 11.4. The molecule has 1 unspecified atom stereocenters. The summed E-state index contributed by atoms with van der Waals surface area (Å²) in [7, 11) is 0. The summed E-state index contributed by atoms with van der Waals surface area (Å²) in [6, 6.07) is 9.36. The fourth-order valence-electron chi connectivity index (χ4n) is 2.19. The molecular weight excluding hydrogens is 206 g/mol. The van der Waals surface area contributed by atoms with Crippen LogP contribution in [0.15, 0.2) is 36.4 Å². The van der Waals surface area contributed by atoms with Gasteiger partial charge in [-0.25, -0.2) is 0 Å². The second kappa shape index (κ2) is 7.29. The molecule has 0 aliphatic rings. The molecule has 1 nitrogen and oxygen atoms in total. The molecule has 0 aliphatic carbocycles. The predicted octanol–water partition coefficient (Wildman–Crippen LogP) is 3.87. The molecule has 17 heavy (non-hydrogen) atoms. The molecule has 0 aliphatic heterocycles. The number of hydrogen-bond acceptors (Lipinski definition) is 1. The van der Waals surface area contributed by atoms with Crippen LogP contribution in [0.5, 0.6) is 0 Å². The lowest BCUT2D eigenvalue weighted by atomic mass is 9.99. The molecule has 94 valence electrons. The van der Waals surface area contributed by atoms with E-state index >= 15 is 0 Å². The van der Waals surface area contributed by atoms with Crippen LogP contribution < -0.4 is 5.32 Å². The van der Waals surface area contributed by atoms with Crippen LogP contribution in [0, 0.1) is 6.92 Å². The van der Waals surface area contributed by atoms with Crippen LogP contribution in [-0.2, 0) is 6.42 Å². The van der Waals surface area contributed by atoms with Gasteiger partial charge in [0, 0.05) is 6.04 Å². The van der Waals surface area contributed by atoms with Crippen molar-refractivity contribution >= 4 is 0 Å². The molecule has 0 amide bonds. The van der Waals surface area contributed by atoms with Crippen LogP contribution in [-0.4, -0.2) is 12.6 Å². The summed E-state index contributed by atoms with van der Waals surface area (Å²) in [5, 5.41) is 3.54. The van der Waals surface area contributed by atoms with E-state index in [1.54, 1.807) is 0 Å². The number of nitrogens with one attached hydrogen (secondary N) is 1. The van der Waals surface area contributed by atoms with Crippen LogP contribution in [0.25, 0.3) is 0 Å². The molecule has 0 saturated heterocycles. The average molecular weight is 231 g/mol. The molecule has 0 saturated carbocycles. The van der Waals surface area contributed by atoms with Crippen LogP contribution in [0.3, 0.4) is 0 Å². The van der Waals surface area contributed by atoms with Crippen molar-refractivity contribution < 1.29 is 0 Å². The van der Waals surface area contributed by atoms with Gasteiger partial charge in [0.1, 0.15) is 0 Å². The molecule has 0 fully saturated rings. The number of aryl methyl sites for hydroxylation is 2. The first kappa shape index (κ1) is 14.0. The fourth-order valence-corrected chi connectivity index (χ4v) is 2.19. The quantitative estimate of drug-likeness (QED) is 0.702. The Balaban J connectivity index is 2.48. The maximum Gasteiger partial charge on any atom is 0.0107 e. The Bertz CT molecular complexity index is 354. The van der Waals surface area contributed by atoms with E-state index in [1.165, 1.54) is 23.1 Å². The van der Waals surface area contributed by atoms with E-state index in [9.17, 15) is 0 Å². The Morgan fingerprint density at radius 2 is 2.18 bits per heavy atom. The predicted molar refractivity (Wildman–Crippen MR) is 76.4 cm³/mol. The summed E-state index contributed by atoms with van der Waals surface area (Å²) in [4.78, 5) is 0. The minimum atomic E-state index is 0.568. The van der Waals surface area contributed by atoms with Crippen LogP contribution >= 0.6 is 0 Å². The van der Waals surface area contributed by atoms with Gasteiger partial charge in [0.25, 0.3) is 0 Å². The van der Waals surface area contributed by atoms with Crippen molar-refractivity contribution in [3.8, 4) is 0 Å². The van der Waals surface area contributed by atoms with E-state index in [2.05, 4.69) is 56.9 Å². The molecule has 0 spiro atoms. The van der Waals surface area contributed by atoms with E-state index in [4.69, 9.17) is 0 Å². The molecule has 1 N–H and O–H groups in total. The zero-order valence-electron chi connectivity index (χ0n) is 11.4.